The van der Waals surface area contributed by atoms with Crippen LogP contribution in [-0.4, -0.2) is 41.1 Å². The second kappa shape index (κ2) is 5.66. The third-order valence-corrected chi connectivity index (χ3v) is 2.90. The Morgan fingerprint density at radius 2 is 2.29 bits per heavy atom. The molecule has 0 aromatic heterocycles. The molecule has 1 fully saturated rings. The highest BCUT2D eigenvalue weighted by Crippen LogP contribution is 2.31. The van der Waals surface area contributed by atoms with Crippen LogP contribution in [0.4, 0.5) is 5.69 Å². The number of rotatable bonds is 5. The molecule has 1 aromatic rings. The van der Waals surface area contributed by atoms with Gasteiger partial charge in [0.15, 0.2) is 11.5 Å². The van der Waals surface area contributed by atoms with Crippen molar-refractivity contribution in [3.8, 4) is 5.75 Å². The van der Waals surface area contributed by atoms with Crippen molar-refractivity contribution in [2.24, 2.45) is 0 Å². The van der Waals surface area contributed by atoms with Gasteiger partial charge in [-0.05, 0) is 26.0 Å². The summed E-state index contributed by atoms with van der Waals surface area (Å²) in [5, 5.41) is 20.0. The molecule has 21 heavy (non-hydrogen) atoms. The van der Waals surface area contributed by atoms with Crippen LogP contribution in [0.15, 0.2) is 18.2 Å². The van der Waals surface area contributed by atoms with Crippen molar-refractivity contribution >= 4 is 11.7 Å². The quantitative estimate of drug-likeness (QED) is 0.652. The second-order valence-corrected chi connectivity index (χ2v) is 4.98. The Kier molecular flexibility index (Phi) is 4.10. The lowest BCUT2D eigenvalue weighted by atomic mass is 10.1. The molecule has 1 atom stereocenters. The van der Waals surface area contributed by atoms with Gasteiger partial charge in [0.25, 0.3) is 0 Å². The topological polar surface area (TPSA) is 108 Å². The Balaban J connectivity index is 2.15. The van der Waals surface area contributed by atoms with Gasteiger partial charge in [-0.2, -0.15) is 0 Å². The maximum Gasteiger partial charge on any atom is 0.342 e. The molecule has 1 saturated heterocycles. The molecule has 1 aliphatic rings. The summed E-state index contributed by atoms with van der Waals surface area (Å²) in [4.78, 5) is 21.3. The number of carboxylic acid groups (broad SMARTS) is 1. The minimum atomic E-state index is -1.38. The monoisotopic (exact) mass is 297 g/mol. The summed E-state index contributed by atoms with van der Waals surface area (Å²) in [5.74, 6) is -2.20. The number of hydrogen-bond donors (Lipinski definition) is 1. The van der Waals surface area contributed by atoms with Crippen molar-refractivity contribution in [2.75, 3.05) is 13.2 Å². The van der Waals surface area contributed by atoms with E-state index < -0.39 is 27.9 Å². The molecule has 1 N–H and O–H groups in total. The molecule has 1 aliphatic heterocycles. The van der Waals surface area contributed by atoms with E-state index in [-0.39, 0.29) is 18.5 Å². The summed E-state index contributed by atoms with van der Waals surface area (Å²) in [6.07, 6.45) is -0.368. The van der Waals surface area contributed by atoms with Gasteiger partial charge >= 0.3 is 11.7 Å². The smallest absolute Gasteiger partial charge is 0.342 e. The van der Waals surface area contributed by atoms with Crippen LogP contribution in [0.5, 0.6) is 5.75 Å². The molecule has 0 radical (unpaired) electrons. The lowest BCUT2D eigenvalue weighted by Gasteiger charge is -2.17. The Morgan fingerprint density at radius 3 is 2.81 bits per heavy atom. The summed E-state index contributed by atoms with van der Waals surface area (Å²) in [7, 11) is 0. The van der Waals surface area contributed by atoms with Crippen LogP contribution >= 0.6 is 0 Å². The molecular formula is C13H15NO7. The highest BCUT2D eigenvalue weighted by atomic mass is 16.7. The standard InChI is InChI=1S/C13H15NO7/c1-13(2)20-7-8(21-13)6-19-10-5-3-4-9(12(15)16)11(10)14(17)18/h3-5,8H,6-7H2,1-2H3,(H,15,16). The first kappa shape index (κ1) is 15.2. The molecule has 8 heteroatoms. The number of nitro benzene ring substituents is 1. The van der Waals surface area contributed by atoms with Crippen LogP contribution in [0.2, 0.25) is 0 Å². The van der Waals surface area contributed by atoms with E-state index in [9.17, 15) is 14.9 Å². The maximum absolute atomic E-state index is 11.1. The second-order valence-electron chi connectivity index (χ2n) is 4.98. The predicted octanol–water partition coefficient (Wildman–Crippen LogP) is 1.82. The van der Waals surface area contributed by atoms with Crippen molar-refractivity contribution in [3.63, 3.8) is 0 Å². The van der Waals surface area contributed by atoms with Crippen molar-refractivity contribution in [1.29, 1.82) is 0 Å². The third-order valence-electron chi connectivity index (χ3n) is 2.90. The molecular weight excluding hydrogens is 282 g/mol. The number of carboxylic acids is 1. The average Bonchev–Trinajstić information content (AvgIpc) is 2.75. The first-order valence-corrected chi connectivity index (χ1v) is 6.25. The zero-order valence-corrected chi connectivity index (χ0v) is 11.6. The molecule has 0 saturated carbocycles. The molecule has 2 rings (SSSR count). The number of benzene rings is 1. The van der Waals surface area contributed by atoms with E-state index in [0.29, 0.717) is 6.61 Å². The first-order valence-electron chi connectivity index (χ1n) is 6.25. The van der Waals surface area contributed by atoms with Crippen LogP contribution in [0.1, 0.15) is 24.2 Å². The molecule has 0 bridgehead atoms. The summed E-state index contributed by atoms with van der Waals surface area (Å²) in [6, 6.07) is 3.90. The normalized spacial score (nSPS) is 20.2. The number of aromatic carboxylic acids is 1. The summed E-state index contributed by atoms with van der Waals surface area (Å²) >= 11 is 0. The van der Waals surface area contributed by atoms with Crippen LogP contribution in [0, 0.1) is 10.1 Å². The lowest BCUT2D eigenvalue weighted by molar-refractivity contribution is -0.386. The van der Waals surface area contributed by atoms with E-state index in [0.717, 1.165) is 6.07 Å². The predicted molar refractivity (Wildman–Crippen MR) is 70.5 cm³/mol. The van der Waals surface area contributed by atoms with Gasteiger partial charge < -0.3 is 19.3 Å². The van der Waals surface area contributed by atoms with E-state index in [2.05, 4.69) is 0 Å². The van der Waals surface area contributed by atoms with Gasteiger partial charge in [0.1, 0.15) is 18.3 Å². The average molecular weight is 297 g/mol. The summed E-state index contributed by atoms with van der Waals surface area (Å²) in [6.45, 7) is 3.84. The fraction of sp³-hybridized carbons (Fsp3) is 0.462. The molecule has 8 nitrogen and oxygen atoms in total. The molecule has 1 heterocycles. The number of ether oxygens (including phenoxy) is 3. The van der Waals surface area contributed by atoms with Gasteiger partial charge in [0.2, 0.25) is 0 Å². The van der Waals surface area contributed by atoms with E-state index >= 15 is 0 Å². The number of hydrogen-bond acceptors (Lipinski definition) is 6. The molecule has 0 spiro atoms. The van der Waals surface area contributed by atoms with E-state index in [4.69, 9.17) is 19.3 Å². The van der Waals surface area contributed by atoms with Gasteiger partial charge in [-0.1, -0.05) is 6.07 Å². The van der Waals surface area contributed by atoms with Gasteiger partial charge in [-0.25, -0.2) is 4.79 Å². The summed E-state index contributed by atoms with van der Waals surface area (Å²) in [5.41, 5.74) is -0.982. The van der Waals surface area contributed by atoms with Crippen molar-refractivity contribution < 1.29 is 29.0 Å². The number of carbonyl (C=O) groups is 1. The molecule has 1 aromatic carbocycles. The Morgan fingerprint density at radius 1 is 1.57 bits per heavy atom. The first-order chi connectivity index (χ1) is 9.80. The van der Waals surface area contributed by atoms with Gasteiger partial charge in [0, 0.05) is 0 Å². The van der Waals surface area contributed by atoms with Crippen LogP contribution in [0.25, 0.3) is 0 Å². The van der Waals surface area contributed by atoms with Gasteiger partial charge in [-0.15, -0.1) is 0 Å². The maximum atomic E-state index is 11.1. The molecule has 0 amide bonds. The molecule has 114 valence electrons. The van der Waals surface area contributed by atoms with Crippen molar-refractivity contribution in [3.05, 3.63) is 33.9 Å². The van der Waals surface area contributed by atoms with Gasteiger partial charge in [-0.3, -0.25) is 10.1 Å². The van der Waals surface area contributed by atoms with E-state index in [1.165, 1.54) is 12.1 Å². The van der Waals surface area contributed by atoms with Crippen LogP contribution in [-0.2, 0) is 9.47 Å². The fourth-order valence-electron chi connectivity index (χ4n) is 2.03. The molecule has 1 unspecified atom stereocenters. The third kappa shape index (κ3) is 3.47. The zero-order chi connectivity index (χ0) is 15.6. The van der Waals surface area contributed by atoms with Crippen molar-refractivity contribution in [2.45, 2.75) is 25.7 Å². The number of para-hydroxylation sites is 1. The largest absolute Gasteiger partial charge is 0.484 e. The Hall–Kier alpha value is -2.19. The zero-order valence-electron chi connectivity index (χ0n) is 11.6. The lowest BCUT2D eigenvalue weighted by Crippen LogP contribution is -2.25. The highest BCUT2D eigenvalue weighted by molar-refractivity contribution is 5.93. The molecule has 0 aliphatic carbocycles. The minimum Gasteiger partial charge on any atom is -0.484 e. The van der Waals surface area contributed by atoms with Crippen LogP contribution < -0.4 is 4.74 Å². The SMILES string of the molecule is CC1(C)OCC(COc2cccc(C(=O)O)c2[N+](=O)[O-])O1. The van der Waals surface area contributed by atoms with Gasteiger partial charge in [0.05, 0.1) is 11.5 Å². The number of nitro groups is 1. The van der Waals surface area contributed by atoms with Crippen LogP contribution in [0.3, 0.4) is 0 Å². The highest BCUT2D eigenvalue weighted by Gasteiger charge is 2.34. The van der Waals surface area contributed by atoms with Crippen molar-refractivity contribution in [1.82, 2.24) is 0 Å². The van der Waals surface area contributed by atoms with E-state index in [1.807, 2.05) is 0 Å². The number of nitrogens with zero attached hydrogens (tertiary/aromatic N) is 1. The minimum absolute atomic E-state index is 0.0351. The summed E-state index contributed by atoms with van der Waals surface area (Å²) < 4.78 is 16.2. The Bertz CT molecular complexity index is 570. The Labute approximate surface area is 120 Å². The fourth-order valence-corrected chi connectivity index (χ4v) is 2.03. The van der Waals surface area contributed by atoms with E-state index in [1.54, 1.807) is 13.8 Å².